The van der Waals surface area contributed by atoms with Crippen LogP contribution in [0.25, 0.3) is 0 Å². The molecule has 1 rings (SSSR count). The standard InChI is InChI=1S/C15H22N2O5/c1-2-16-13(19)8-11-22-10-3-4-12(18)7-9-17-14(20)5-6-15(17)21/h5-6H,2-4,7-11H2,1H3,(H,16,19). The van der Waals surface area contributed by atoms with Crippen LogP contribution in [0.2, 0.25) is 0 Å². The molecule has 1 aliphatic rings. The summed E-state index contributed by atoms with van der Waals surface area (Å²) >= 11 is 0. The molecule has 0 unspecified atom stereocenters. The normalized spacial score (nSPS) is 13.8. The molecule has 122 valence electrons. The lowest BCUT2D eigenvalue weighted by atomic mass is 10.1. The molecular weight excluding hydrogens is 288 g/mol. The van der Waals surface area contributed by atoms with Crippen LogP contribution < -0.4 is 5.32 Å². The molecule has 7 heteroatoms. The molecule has 1 N–H and O–H groups in total. The second-order valence-corrected chi connectivity index (χ2v) is 4.87. The van der Waals surface area contributed by atoms with E-state index in [4.69, 9.17) is 4.74 Å². The van der Waals surface area contributed by atoms with Crippen molar-refractivity contribution in [1.29, 1.82) is 0 Å². The summed E-state index contributed by atoms with van der Waals surface area (Å²) in [6.07, 6.45) is 3.79. The van der Waals surface area contributed by atoms with Gasteiger partial charge in [0.1, 0.15) is 5.78 Å². The van der Waals surface area contributed by atoms with E-state index in [9.17, 15) is 19.2 Å². The number of nitrogens with one attached hydrogen (secondary N) is 1. The van der Waals surface area contributed by atoms with Crippen LogP contribution in [0, 0.1) is 0 Å². The minimum Gasteiger partial charge on any atom is -0.381 e. The first-order valence-corrected chi connectivity index (χ1v) is 7.44. The fourth-order valence-electron chi connectivity index (χ4n) is 1.94. The van der Waals surface area contributed by atoms with Gasteiger partial charge in [-0.05, 0) is 13.3 Å². The third-order valence-corrected chi connectivity index (χ3v) is 3.11. The van der Waals surface area contributed by atoms with E-state index >= 15 is 0 Å². The van der Waals surface area contributed by atoms with Gasteiger partial charge in [-0.2, -0.15) is 0 Å². The zero-order valence-corrected chi connectivity index (χ0v) is 12.8. The summed E-state index contributed by atoms with van der Waals surface area (Å²) in [6, 6.07) is 0. The number of ketones is 1. The zero-order chi connectivity index (χ0) is 16.4. The number of amides is 3. The predicted octanol–water partition coefficient (Wildman–Crippen LogP) is 0.194. The van der Waals surface area contributed by atoms with E-state index < -0.39 is 0 Å². The van der Waals surface area contributed by atoms with E-state index in [-0.39, 0.29) is 36.5 Å². The number of hydrogen-bond donors (Lipinski definition) is 1. The molecule has 0 atom stereocenters. The van der Waals surface area contributed by atoms with E-state index in [1.165, 1.54) is 12.2 Å². The van der Waals surface area contributed by atoms with Crippen LogP contribution in [-0.2, 0) is 23.9 Å². The molecule has 0 saturated heterocycles. The SMILES string of the molecule is CCNC(=O)CCOCCCC(=O)CCN1C(=O)C=CC1=O. The Morgan fingerprint density at radius 3 is 2.41 bits per heavy atom. The summed E-state index contributed by atoms with van der Waals surface area (Å²) in [6.45, 7) is 3.33. The molecule has 1 aliphatic heterocycles. The molecule has 0 spiro atoms. The lowest BCUT2D eigenvalue weighted by Crippen LogP contribution is -2.32. The summed E-state index contributed by atoms with van der Waals surface area (Å²) in [5.74, 6) is -0.801. The molecule has 0 radical (unpaired) electrons. The van der Waals surface area contributed by atoms with Crippen LogP contribution in [-0.4, -0.2) is 54.7 Å². The molecule has 1 heterocycles. The first-order valence-electron chi connectivity index (χ1n) is 7.44. The van der Waals surface area contributed by atoms with Gasteiger partial charge in [0.15, 0.2) is 0 Å². The smallest absolute Gasteiger partial charge is 0.253 e. The van der Waals surface area contributed by atoms with E-state index in [1.807, 2.05) is 6.92 Å². The fourth-order valence-corrected chi connectivity index (χ4v) is 1.94. The first-order chi connectivity index (χ1) is 10.5. The van der Waals surface area contributed by atoms with E-state index in [0.29, 0.717) is 39.0 Å². The highest BCUT2D eigenvalue weighted by atomic mass is 16.5. The van der Waals surface area contributed by atoms with Crippen LogP contribution in [0.1, 0.15) is 32.6 Å². The van der Waals surface area contributed by atoms with Crippen LogP contribution in [0.15, 0.2) is 12.2 Å². The quantitative estimate of drug-likeness (QED) is 0.434. The second-order valence-electron chi connectivity index (χ2n) is 4.87. The zero-order valence-electron chi connectivity index (χ0n) is 12.8. The van der Waals surface area contributed by atoms with Gasteiger partial charge in [-0.15, -0.1) is 0 Å². The highest BCUT2D eigenvalue weighted by Crippen LogP contribution is 2.06. The molecule has 0 aromatic carbocycles. The maximum atomic E-state index is 11.6. The molecule has 0 aliphatic carbocycles. The number of hydrogen-bond acceptors (Lipinski definition) is 5. The Hall–Kier alpha value is -2.02. The molecular formula is C15H22N2O5. The van der Waals surface area contributed by atoms with Crippen molar-refractivity contribution in [2.24, 2.45) is 0 Å². The number of rotatable bonds is 11. The van der Waals surface area contributed by atoms with E-state index in [2.05, 4.69) is 5.32 Å². The van der Waals surface area contributed by atoms with Gasteiger partial charge in [-0.3, -0.25) is 24.1 Å². The van der Waals surface area contributed by atoms with Gasteiger partial charge < -0.3 is 10.1 Å². The minimum atomic E-state index is -0.369. The van der Waals surface area contributed by atoms with Crippen LogP contribution in [0.4, 0.5) is 0 Å². The van der Waals surface area contributed by atoms with E-state index in [1.54, 1.807) is 0 Å². The molecule has 3 amide bonds. The number of ether oxygens (including phenoxy) is 1. The maximum absolute atomic E-state index is 11.6. The Labute approximate surface area is 129 Å². The number of carbonyl (C=O) groups excluding carboxylic acids is 4. The highest BCUT2D eigenvalue weighted by molar-refractivity contribution is 6.13. The van der Waals surface area contributed by atoms with Crippen molar-refractivity contribution in [2.75, 3.05) is 26.3 Å². The molecule has 22 heavy (non-hydrogen) atoms. The van der Waals surface area contributed by atoms with Crippen molar-refractivity contribution in [3.63, 3.8) is 0 Å². The van der Waals surface area contributed by atoms with Crippen molar-refractivity contribution >= 4 is 23.5 Å². The molecule has 0 saturated carbocycles. The summed E-state index contributed by atoms with van der Waals surface area (Å²) < 4.78 is 5.27. The van der Waals surface area contributed by atoms with Crippen molar-refractivity contribution in [2.45, 2.75) is 32.6 Å². The molecule has 0 aromatic rings. The van der Waals surface area contributed by atoms with Gasteiger partial charge in [0, 0.05) is 51.1 Å². The predicted molar refractivity (Wildman–Crippen MR) is 78.8 cm³/mol. The Bertz CT molecular complexity index is 441. The van der Waals surface area contributed by atoms with Crippen molar-refractivity contribution in [1.82, 2.24) is 10.2 Å². The number of nitrogens with zero attached hydrogens (tertiary/aromatic N) is 1. The summed E-state index contributed by atoms with van der Waals surface area (Å²) in [5, 5.41) is 2.67. The summed E-state index contributed by atoms with van der Waals surface area (Å²) in [4.78, 5) is 46.4. The Morgan fingerprint density at radius 2 is 1.77 bits per heavy atom. The van der Waals surface area contributed by atoms with Crippen LogP contribution in [0.5, 0.6) is 0 Å². The van der Waals surface area contributed by atoms with Gasteiger partial charge in [-0.1, -0.05) is 0 Å². The van der Waals surface area contributed by atoms with Gasteiger partial charge in [0.25, 0.3) is 11.8 Å². The average molecular weight is 310 g/mol. The van der Waals surface area contributed by atoms with Gasteiger partial charge in [-0.25, -0.2) is 0 Å². The first kappa shape index (κ1) is 18.0. The van der Waals surface area contributed by atoms with Crippen molar-refractivity contribution in [3.8, 4) is 0 Å². The largest absolute Gasteiger partial charge is 0.381 e. The Morgan fingerprint density at radius 1 is 1.09 bits per heavy atom. The summed E-state index contributed by atoms with van der Waals surface area (Å²) in [7, 11) is 0. The number of carbonyl (C=O) groups is 4. The molecule has 7 nitrogen and oxygen atoms in total. The lowest BCUT2D eigenvalue weighted by molar-refractivity contribution is -0.137. The topological polar surface area (TPSA) is 92.8 Å². The Balaban J connectivity index is 2.01. The van der Waals surface area contributed by atoms with Gasteiger partial charge in [0.2, 0.25) is 5.91 Å². The maximum Gasteiger partial charge on any atom is 0.253 e. The van der Waals surface area contributed by atoms with Crippen LogP contribution in [0.3, 0.4) is 0 Å². The fraction of sp³-hybridized carbons (Fsp3) is 0.600. The van der Waals surface area contributed by atoms with Crippen molar-refractivity contribution in [3.05, 3.63) is 12.2 Å². The molecule has 0 fully saturated rings. The molecule has 0 aromatic heterocycles. The third kappa shape index (κ3) is 6.62. The minimum absolute atomic E-state index is 0.0140. The lowest BCUT2D eigenvalue weighted by Gasteiger charge is -2.12. The average Bonchev–Trinajstić information content (AvgIpc) is 2.80. The highest BCUT2D eigenvalue weighted by Gasteiger charge is 2.23. The third-order valence-electron chi connectivity index (χ3n) is 3.11. The van der Waals surface area contributed by atoms with Gasteiger partial charge in [0.05, 0.1) is 6.61 Å². The number of imide groups is 1. The number of Topliss-reactive ketones (excluding diaryl/α,β-unsaturated/α-hetero) is 1. The van der Waals surface area contributed by atoms with Crippen LogP contribution >= 0.6 is 0 Å². The molecule has 0 bridgehead atoms. The summed E-state index contributed by atoms with van der Waals surface area (Å²) in [5.41, 5.74) is 0. The van der Waals surface area contributed by atoms with Gasteiger partial charge >= 0.3 is 0 Å². The van der Waals surface area contributed by atoms with Crippen molar-refractivity contribution < 1.29 is 23.9 Å². The second kappa shape index (κ2) is 9.83. The monoisotopic (exact) mass is 310 g/mol. The Kier molecular flexibility index (Phi) is 8.06. The van der Waals surface area contributed by atoms with E-state index in [0.717, 1.165) is 4.90 Å².